The fourth-order valence-corrected chi connectivity index (χ4v) is 4.50. The Morgan fingerprint density at radius 1 is 1.12 bits per heavy atom. The lowest BCUT2D eigenvalue weighted by Gasteiger charge is -2.40. The molecule has 0 atom stereocenters. The predicted molar refractivity (Wildman–Crippen MR) is 99.1 cm³/mol. The van der Waals surface area contributed by atoms with Gasteiger partial charge in [-0.1, -0.05) is 0 Å². The van der Waals surface area contributed by atoms with E-state index in [1.165, 1.54) is 0 Å². The second kappa shape index (κ2) is 5.43. The van der Waals surface area contributed by atoms with E-state index in [-0.39, 0.29) is 16.9 Å². The first-order chi connectivity index (χ1) is 12.5. The standard InChI is InChI=1S/C18H23N7O/c19-12-9-13(22-17(20)21-12)25-7-5-18(6-8-25)4-3-11-14(18)23-15(10-1-2-10)24-16(11)26/h9-10H,1-8H2,(H,23,24,26)(H4,19,20,21,22). The van der Waals surface area contributed by atoms with E-state index < -0.39 is 0 Å². The van der Waals surface area contributed by atoms with Crippen LogP contribution in [0.1, 0.15) is 55.1 Å². The summed E-state index contributed by atoms with van der Waals surface area (Å²) in [7, 11) is 0. The maximum absolute atomic E-state index is 12.5. The second-order valence-electron chi connectivity index (χ2n) is 7.83. The molecule has 2 aliphatic carbocycles. The molecule has 5 rings (SSSR count). The Labute approximate surface area is 151 Å². The Bertz CT molecular complexity index is 905. The van der Waals surface area contributed by atoms with Crippen molar-refractivity contribution in [2.45, 2.75) is 49.9 Å². The van der Waals surface area contributed by atoms with Crippen LogP contribution in [0.15, 0.2) is 10.9 Å². The average Bonchev–Trinajstić information content (AvgIpc) is 3.40. The number of aromatic nitrogens is 4. The number of hydrogen-bond acceptors (Lipinski definition) is 7. The highest BCUT2D eigenvalue weighted by Crippen LogP contribution is 2.46. The molecule has 8 heteroatoms. The maximum Gasteiger partial charge on any atom is 0.254 e. The lowest BCUT2D eigenvalue weighted by Crippen LogP contribution is -2.42. The molecular weight excluding hydrogens is 330 g/mol. The molecule has 1 aliphatic heterocycles. The molecule has 1 saturated carbocycles. The molecule has 1 saturated heterocycles. The Kier molecular flexibility index (Phi) is 3.26. The van der Waals surface area contributed by atoms with Crippen LogP contribution < -0.4 is 21.9 Å². The number of nitrogens with one attached hydrogen (secondary N) is 1. The van der Waals surface area contributed by atoms with Crippen molar-refractivity contribution in [2.75, 3.05) is 29.5 Å². The van der Waals surface area contributed by atoms with Gasteiger partial charge in [-0.15, -0.1) is 0 Å². The predicted octanol–water partition coefficient (Wildman–Crippen LogP) is 1.09. The van der Waals surface area contributed by atoms with Gasteiger partial charge < -0.3 is 21.4 Å². The van der Waals surface area contributed by atoms with Crippen molar-refractivity contribution in [3.05, 3.63) is 33.5 Å². The van der Waals surface area contributed by atoms with Crippen LogP contribution in [0.5, 0.6) is 0 Å². The highest BCUT2D eigenvalue weighted by molar-refractivity contribution is 5.51. The SMILES string of the molecule is Nc1cc(N2CCC3(CCc4c3nc(C3CC3)[nH]c4=O)CC2)nc(N)n1. The van der Waals surface area contributed by atoms with Crippen molar-refractivity contribution >= 4 is 17.6 Å². The summed E-state index contributed by atoms with van der Waals surface area (Å²) in [6, 6.07) is 1.77. The molecule has 2 aromatic heterocycles. The number of H-pyrrole nitrogens is 1. The average molecular weight is 353 g/mol. The highest BCUT2D eigenvalue weighted by atomic mass is 16.1. The van der Waals surface area contributed by atoms with Gasteiger partial charge >= 0.3 is 0 Å². The molecule has 0 radical (unpaired) electrons. The van der Waals surface area contributed by atoms with E-state index >= 15 is 0 Å². The number of nitrogens with zero attached hydrogens (tertiary/aromatic N) is 4. The van der Waals surface area contributed by atoms with Gasteiger partial charge in [-0.2, -0.15) is 9.97 Å². The molecule has 136 valence electrons. The molecule has 3 heterocycles. The lowest BCUT2D eigenvalue weighted by atomic mass is 9.76. The van der Waals surface area contributed by atoms with E-state index in [0.29, 0.717) is 11.7 Å². The van der Waals surface area contributed by atoms with Gasteiger partial charge in [0.15, 0.2) is 0 Å². The number of piperidine rings is 1. The quantitative estimate of drug-likeness (QED) is 0.737. The normalized spacial score (nSPS) is 21.2. The first-order valence-electron chi connectivity index (χ1n) is 9.33. The van der Waals surface area contributed by atoms with Gasteiger partial charge in [0.2, 0.25) is 5.95 Å². The molecule has 26 heavy (non-hydrogen) atoms. The van der Waals surface area contributed by atoms with Crippen LogP contribution >= 0.6 is 0 Å². The van der Waals surface area contributed by atoms with Crippen molar-refractivity contribution < 1.29 is 0 Å². The molecule has 0 amide bonds. The van der Waals surface area contributed by atoms with Gasteiger partial charge in [0, 0.05) is 36.1 Å². The van der Waals surface area contributed by atoms with Gasteiger partial charge in [-0.05, 0) is 38.5 Å². The zero-order valence-corrected chi connectivity index (χ0v) is 14.7. The van der Waals surface area contributed by atoms with Crippen LogP contribution in [0.25, 0.3) is 0 Å². The molecule has 2 aromatic rings. The van der Waals surface area contributed by atoms with E-state index in [2.05, 4.69) is 19.9 Å². The van der Waals surface area contributed by atoms with E-state index in [4.69, 9.17) is 16.5 Å². The summed E-state index contributed by atoms with van der Waals surface area (Å²) >= 11 is 0. The van der Waals surface area contributed by atoms with Crippen molar-refractivity contribution in [2.24, 2.45) is 0 Å². The zero-order chi connectivity index (χ0) is 17.9. The summed E-state index contributed by atoms with van der Waals surface area (Å²) in [5, 5.41) is 0. The summed E-state index contributed by atoms with van der Waals surface area (Å²) in [5.41, 5.74) is 13.6. The van der Waals surface area contributed by atoms with Crippen LogP contribution in [0.3, 0.4) is 0 Å². The minimum Gasteiger partial charge on any atom is -0.383 e. The van der Waals surface area contributed by atoms with Crippen LogP contribution in [0.2, 0.25) is 0 Å². The molecule has 8 nitrogen and oxygen atoms in total. The minimum atomic E-state index is 0.0217. The van der Waals surface area contributed by atoms with Crippen molar-refractivity contribution in [3.63, 3.8) is 0 Å². The topological polar surface area (TPSA) is 127 Å². The lowest BCUT2D eigenvalue weighted by molar-refractivity contribution is 0.321. The zero-order valence-electron chi connectivity index (χ0n) is 14.7. The van der Waals surface area contributed by atoms with Gasteiger partial charge in [-0.3, -0.25) is 4.79 Å². The number of aromatic amines is 1. The third-order valence-corrected chi connectivity index (χ3v) is 6.15. The van der Waals surface area contributed by atoms with Gasteiger partial charge in [-0.25, -0.2) is 4.98 Å². The molecule has 5 N–H and O–H groups in total. The van der Waals surface area contributed by atoms with Crippen LogP contribution in [-0.4, -0.2) is 33.0 Å². The van der Waals surface area contributed by atoms with Gasteiger partial charge in [0.1, 0.15) is 17.5 Å². The van der Waals surface area contributed by atoms with Gasteiger partial charge in [0.05, 0.1) is 5.69 Å². The molecule has 0 bridgehead atoms. The number of nitrogens with two attached hydrogens (primary N) is 2. The Hall–Kier alpha value is -2.64. The summed E-state index contributed by atoms with van der Waals surface area (Å²) in [6.07, 6.45) is 6.04. The van der Waals surface area contributed by atoms with Crippen LogP contribution in [0, 0.1) is 0 Å². The summed E-state index contributed by atoms with van der Waals surface area (Å²) in [6.45, 7) is 1.70. The fourth-order valence-electron chi connectivity index (χ4n) is 4.50. The highest BCUT2D eigenvalue weighted by Gasteiger charge is 2.44. The monoisotopic (exact) mass is 353 g/mol. The van der Waals surface area contributed by atoms with Gasteiger partial charge in [0.25, 0.3) is 5.56 Å². The Morgan fingerprint density at radius 2 is 1.88 bits per heavy atom. The molecule has 0 unspecified atom stereocenters. The first kappa shape index (κ1) is 15.6. The van der Waals surface area contributed by atoms with Crippen molar-refractivity contribution in [1.82, 2.24) is 19.9 Å². The summed E-state index contributed by atoms with van der Waals surface area (Å²) in [5.74, 6) is 2.72. The van der Waals surface area contributed by atoms with Crippen molar-refractivity contribution in [3.8, 4) is 0 Å². The second-order valence-corrected chi connectivity index (χ2v) is 7.83. The Morgan fingerprint density at radius 3 is 2.58 bits per heavy atom. The van der Waals surface area contributed by atoms with E-state index in [0.717, 1.165) is 74.5 Å². The molecular formula is C18H23N7O. The van der Waals surface area contributed by atoms with Crippen molar-refractivity contribution in [1.29, 1.82) is 0 Å². The minimum absolute atomic E-state index is 0.0217. The number of rotatable bonds is 2. The largest absolute Gasteiger partial charge is 0.383 e. The first-order valence-corrected chi connectivity index (χ1v) is 9.33. The maximum atomic E-state index is 12.5. The molecule has 3 aliphatic rings. The molecule has 2 fully saturated rings. The smallest absolute Gasteiger partial charge is 0.254 e. The number of hydrogen-bond donors (Lipinski definition) is 3. The summed E-state index contributed by atoms with van der Waals surface area (Å²) in [4.78, 5) is 30.9. The third kappa shape index (κ3) is 2.43. The number of nitrogen functional groups attached to an aromatic ring is 2. The number of fused-ring (bicyclic) bond motifs is 2. The molecule has 1 spiro atoms. The van der Waals surface area contributed by atoms with E-state index in [9.17, 15) is 4.79 Å². The Balaban J connectivity index is 1.43. The number of anilines is 3. The molecule has 0 aromatic carbocycles. The van der Waals surface area contributed by atoms with Crippen LogP contribution in [-0.2, 0) is 11.8 Å². The van der Waals surface area contributed by atoms with Crippen LogP contribution in [0.4, 0.5) is 17.6 Å². The summed E-state index contributed by atoms with van der Waals surface area (Å²) < 4.78 is 0. The van der Waals surface area contributed by atoms with E-state index in [1.807, 2.05) is 0 Å². The van der Waals surface area contributed by atoms with E-state index in [1.54, 1.807) is 6.07 Å². The third-order valence-electron chi connectivity index (χ3n) is 6.15. The fraction of sp³-hybridized carbons (Fsp3) is 0.556.